The van der Waals surface area contributed by atoms with Crippen molar-refractivity contribution in [2.24, 2.45) is 16.0 Å². The second kappa shape index (κ2) is 23.9. The first-order valence-corrected chi connectivity index (χ1v) is 15.6. The summed E-state index contributed by atoms with van der Waals surface area (Å²) in [6, 6.07) is 7.76. The summed E-state index contributed by atoms with van der Waals surface area (Å²) in [5.74, 6) is -1.55. The van der Waals surface area contributed by atoms with E-state index in [0.29, 0.717) is 26.2 Å². The number of unbranched alkanes of at least 4 members (excludes halogenated alkanes) is 3. The molecular weight excluding hydrogens is 581 g/mol. The van der Waals surface area contributed by atoms with Gasteiger partial charge in [0, 0.05) is 37.9 Å². The van der Waals surface area contributed by atoms with Crippen molar-refractivity contribution in [3.05, 3.63) is 40.8 Å². The molecule has 0 N–H and O–H groups in total. The number of azide groups is 1. The fourth-order valence-electron chi connectivity index (χ4n) is 3.72. The van der Waals surface area contributed by atoms with Crippen molar-refractivity contribution in [3.8, 4) is 0 Å². The van der Waals surface area contributed by atoms with Crippen molar-refractivity contribution >= 4 is 11.6 Å². The lowest BCUT2D eigenvalue weighted by molar-refractivity contribution is -0.235. The molecule has 44 heavy (non-hydrogen) atoms. The minimum absolute atomic E-state index is 0.0345. The van der Waals surface area contributed by atoms with E-state index in [9.17, 15) is 13.2 Å². The van der Waals surface area contributed by atoms with E-state index in [-0.39, 0.29) is 38.0 Å². The van der Waals surface area contributed by atoms with Gasteiger partial charge in [-0.3, -0.25) is 0 Å². The number of para-hydroxylation sites is 1. The first-order valence-electron chi connectivity index (χ1n) is 15.6. The van der Waals surface area contributed by atoms with Crippen molar-refractivity contribution in [3.63, 3.8) is 0 Å². The fourth-order valence-corrected chi connectivity index (χ4v) is 3.72. The molecule has 0 saturated heterocycles. The van der Waals surface area contributed by atoms with Gasteiger partial charge in [-0.15, -0.1) is 0 Å². The molecule has 0 spiro atoms. The molecule has 252 valence electrons. The Kier molecular flexibility index (Phi) is 21.5. The maximum absolute atomic E-state index is 14.2. The molecule has 1 rings (SSSR count). The molecule has 10 nitrogen and oxygen atoms in total. The number of benzene rings is 1. The molecule has 0 amide bonds. The summed E-state index contributed by atoms with van der Waals surface area (Å²) in [7, 11) is 0. The van der Waals surface area contributed by atoms with Crippen LogP contribution in [-0.2, 0) is 28.4 Å². The topological polar surface area (TPSA) is 117 Å². The Morgan fingerprint density at radius 1 is 0.841 bits per heavy atom. The lowest BCUT2D eigenvalue weighted by Gasteiger charge is -2.33. The Labute approximate surface area is 260 Å². The second-order valence-corrected chi connectivity index (χ2v) is 10.6. The van der Waals surface area contributed by atoms with E-state index >= 15 is 0 Å². The standard InChI is InChI=1S/C31H51F3N4O6/c1-6-9-17-39-22-27(42-19-11-8-3)28(23-40-21-24(4)20-36-38-35)43-29(25(5)41-18-10-7-2)44-30(31(32,33)34)37-26-15-13-12-14-16-26/h12-16,24-25,27-29H,6-11,17-23H2,1-5H3/t24?,25-,27+,28?,29-/m0/s1. The Bertz CT molecular complexity index is 935. The summed E-state index contributed by atoms with van der Waals surface area (Å²) >= 11 is 0. The molecule has 1 aromatic rings. The molecule has 0 heterocycles. The summed E-state index contributed by atoms with van der Waals surface area (Å²) < 4.78 is 78.2. The fraction of sp³-hybridized carbons (Fsp3) is 0.774. The highest BCUT2D eigenvalue weighted by molar-refractivity contribution is 5.84. The van der Waals surface area contributed by atoms with Gasteiger partial charge < -0.3 is 28.4 Å². The van der Waals surface area contributed by atoms with E-state index in [2.05, 4.69) is 15.0 Å². The Morgan fingerprint density at radius 3 is 2.07 bits per heavy atom. The Balaban J connectivity index is 3.38. The predicted molar refractivity (Wildman–Crippen MR) is 164 cm³/mol. The third-order valence-corrected chi connectivity index (χ3v) is 6.34. The predicted octanol–water partition coefficient (Wildman–Crippen LogP) is 8.18. The molecule has 13 heteroatoms. The molecular formula is C31H51F3N4O6. The summed E-state index contributed by atoms with van der Waals surface area (Å²) in [5.41, 5.74) is 8.71. The normalized spacial score (nSPS) is 15.7. The van der Waals surface area contributed by atoms with E-state index in [4.69, 9.17) is 34.0 Å². The first-order chi connectivity index (χ1) is 21.2. The van der Waals surface area contributed by atoms with Crippen LogP contribution in [0.25, 0.3) is 10.4 Å². The van der Waals surface area contributed by atoms with Crippen LogP contribution in [0.1, 0.15) is 73.1 Å². The third-order valence-electron chi connectivity index (χ3n) is 6.34. The average Bonchev–Trinajstić information content (AvgIpc) is 3.00. The van der Waals surface area contributed by atoms with Gasteiger partial charge in [0.25, 0.3) is 5.90 Å². The smallest absolute Gasteiger partial charge is 0.441 e. The minimum atomic E-state index is -4.90. The van der Waals surface area contributed by atoms with Gasteiger partial charge >= 0.3 is 6.18 Å². The molecule has 5 atom stereocenters. The van der Waals surface area contributed by atoms with Crippen molar-refractivity contribution in [1.29, 1.82) is 0 Å². The number of hydrogen-bond acceptors (Lipinski definition) is 8. The number of aliphatic imine (C=N–C) groups is 1. The SMILES string of the molecule is CCCCOC[C@@H](OCCCC)C(COCC(C)CN=[N+]=[N-])O[C@@H](OC(=Nc1ccccc1)C(F)(F)F)[C@H](C)OCCCC. The zero-order valence-corrected chi connectivity index (χ0v) is 26.8. The zero-order valence-electron chi connectivity index (χ0n) is 26.8. The van der Waals surface area contributed by atoms with Crippen LogP contribution >= 0.6 is 0 Å². The van der Waals surface area contributed by atoms with Gasteiger partial charge in [-0.25, -0.2) is 4.99 Å². The third kappa shape index (κ3) is 17.8. The monoisotopic (exact) mass is 632 g/mol. The molecule has 0 aliphatic carbocycles. The second-order valence-electron chi connectivity index (χ2n) is 10.6. The van der Waals surface area contributed by atoms with Crippen molar-refractivity contribution in [2.45, 2.75) is 104 Å². The molecule has 0 aromatic heterocycles. The summed E-state index contributed by atoms with van der Waals surface area (Å²) in [6.45, 7) is 11.3. The molecule has 0 fully saturated rings. The highest BCUT2D eigenvalue weighted by Crippen LogP contribution is 2.26. The number of rotatable bonds is 25. The average molecular weight is 633 g/mol. The summed E-state index contributed by atoms with van der Waals surface area (Å²) in [5, 5.41) is 3.58. The number of halogens is 3. The lowest BCUT2D eigenvalue weighted by Crippen LogP contribution is -2.47. The molecule has 0 saturated carbocycles. The highest BCUT2D eigenvalue weighted by Gasteiger charge is 2.42. The summed E-state index contributed by atoms with van der Waals surface area (Å²) in [4.78, 5) is 6.53. The lowest BCUT2D eigenvalue weighted by atomic mass is 10.2. The molecule has 2 unspecified atom stereocenters. The van der Waals surface area contributed by atoms with Gasteiger partial charge in [0.15, 0.2) is 0 Å². The van der Waals surface area contributed by atoms with E-state index in [1.165, 1.54) is 12.1 Å². The maximum Gasteiger partial charge on any atom is 0.468 e. The number of hydrogen-bond donors (Lipinski definition) is 0. The first kappa shape index (κ1) is 39.6. The van der Waals surface area contributed by atoms with Gasteiger partial charge in [-0.2, -0.15) is 13.2 Å². The number of ether oxygens (including phenoxy) is 6. The molecule has 0 bridgehead atoms. The highest BCUT2D eigenvalue weighted by atomic mass is 19.4. The van der Waals surface area contributed by atoms with E-state index in [1.54, 1.807) is 25.1 Å². The van der Waals surface area contributed by atoms with Gasteiger partial charge in [0.2, 0.25) is 6.29 Å². The number of alkyl halides is 3. The minimum Gasteiger partial charge on any atom is -0.441 e. The molecule has 0 aliphatic rings. The van der Waals surface area contributed by atoms with Crippen LogP contribution in [0.2, 0.25) is 0 Å². The van der Waals surface area contributed by atoms with E-state index in [0.717, 1.165) is 32.1 Å². The molecule has 1 aromatic carbocycles. The van der Waals surface area contributed by atoms with Gasteiger partial charge in [0.1, 0.15) is 18.3 Å². The largest absolute Gasteiger partial charge is 0.468 e. The van der Waals surface area contributed by atoms with Gasteiger partial charge in [-0.1, -0.05) is 70.3 Å². The van der Waals surface area contributed by atoms with Crippen molar-refractivity contribution in [2.75, 3.05) is 46.2 Å². The van der Waals surface area contributed by atoms with E-state index in [1.807, 2.05) is 27.7 Å². The van der Waals surface area contributed by atoms with Crippen LogP contribution in [-0.4, -0.2) is 82.9 Å². The van der Waals surface area contributed by atoms with Crippen molar-refractivity contribution in [1.82, 2.24) is 0 Å². The zero-order chi connectivity index (χ0) is 32.6. The Morgan fingerprint density at radius 2 is 1.45 bits per heavy atom. The van der Waals surface area contributed by atoms with Crippen LogP contribution in [0.15, 0.2) is 40.4 Å². The van der Waals surface area contributed by atoms with Crippen LogP contribution in [0.5, 0.6) is 0 Å². The van der Waals surface area contributed by atoms with Crippen molar-refractivity contribution < 1.29 is 41.6 Å². The number of nitrogens with zero attached hydrogens (tertiary/aromatic N) is 4. The van der Waals surface area contributed by atoms with Crippen LogP contribution in [0.4, 0.5) is 18.9 Å². The van der Waals surface area contributed by atoms with Gasteiger partial charge in [0.05, 0.1) is 18.9 Å². The molecule has 0 radical (unpaired) electrons. The van der Waals surface area contributed by atoms with Crippen LogP contribution in [0, 0.1) is 5.92 Å². The van der Waals surface area contributed by atoms with Crippen LogP contribution < -0.4 is 0 Å². The summed E-state index contributed by atoms with van der Waals surface area (Å²) in [6.07, 6.45) is -3.83. The van der Waals surface area contributed by atoms with E-state index < -0.39 is 36.7 Å². The van der Waals surface area contributed by atoms with Crippen LogP contribution in [0.3, 0.4) is 0 Å². The Hall–Kier alpha value is -2.41. The quantitative estimate of drug-likeness (QED) is 0.0204. The maximum atomic E-state index is 14.2. The molecule has 0 aliphatic heterocycles. The van der Waals surface area contributed by atoms with Gasteiger partial charge in [-0.05, 0) is 49.8 Å².